The average Bonchev–Trinajstić information content (AvgIpc) is 2.76. The zero-order valence-corrected chi connectivity index (χ0v) is 9.88. The molecular weight excluding hydrogens is 210 g/mol. The first-order valence-electron chi connectivity index (χ1n) is 5.64. The number of hydrogen-bond donors (Lipinski definition) is 0. The molecule has 3 rings (SSSR count). The number of aryl methyl sites for hydroxylation is 1. The first kappa shape index (κ1) is 10.0. The lowest BCUT2D eigenvalue weighted by atomic mass is 10.1. The van der Waals surface area contributed by atoms with Gasteiger partial charge in [0.1, 0.15) is 11.0 Å². The lowest BCUT2D eigenvalue weighted by Gasteiger charge is -2.06. The van der Waals surface area contributed by atoms with Crippen molar-refractivity contribution in [1.29, 1.82) is 0 Å². The topological polar surface area (TPSA) is 30.7 Å². The van der Waals surface area contributed by atoms with Gasteiger partial charge >= 0.3 is 0 Å². The fourth-order valence-electron chi connectivity index (χ4n) is 1.92. The van der Waals surface area contributed by atoms with Crippen LogP contribution in [0.25, 0.3) is 16.7 Å². The Morgan fingerprint density at radius 3 is 2.12 bits per heavy atom. The number of rotatable bonds is 1. The summed E-state index contributed by atoms with van der Waals surface area (Å²) >= 11 is 0. The maximum atomic E-state index is 4.49. The molecule has 0 saturated carbocycles. The van der Waals surface area contributed by atoms with Crippen LogP contribution >= 0.6 is 0 Å². The van der Waals surface area contributed by atoms with E-state index in [1.165, 1.54) is 11.1 Å². The van der Waals surface area contributed by atoms with Crippen LogP contribution in [-0.2, 0) is 0 Å². The van der Waals surface area contributed by atoms with Crippen molar-refractivity contribution in [3.05, 3.63) is 53.6 Å². The van der Waals surface area contributed by atoms with Crippen molar-refractivity contribution in [2.24, 2.45) is 0 Å². The molecular formula is C14H13N3. The van der Waals surface area contributed by atoms with Crippen molar-refractivity contribution in [3.63, 3.8) is 0 Å². The van der Waals surface area contributed by atoms with Gasteiger partial charge in [-0.1, -0.05) is 24.3 Å². The molecule has 0 fully saturated rings. The minimum atomic E-state index is 0.924. The summed E-state index contributed by atoms with van der Waals surface area (Å²) in [6.07, 6.45) is 0. The molecule has 0 atom stereocenters. The van der Waals surface area contributed by atoms with Crippen molar-refractivity contribution in [1.82, 2.24) is 15.0 Å². The zero-order valence-electron chi connectivity index (χ0n) is 9.88. The third-order valence-electron chi connectivity index (χ3n) is 3.08. The van der Waals surface area contributed by atoms with Gasteiger partial charge in [0.15, 0.2) is 0 Å². The number of fused-ring (bicyclic) bond motifs is 1. The third kappa shape index (κ3) is 1.60. The molecule has 3 aromatic rings. The maximum absolute atomic E-state index is 4.49. The summed E-state index contributed by atoms with van der Waals surface area (Å²) in [4.78, 5) is 1.72. The molecule has 0 saturated heterocycles. The summed E-state index contributed by atoms with van der Waals surface area (Å²) in [6, 6.07) is 14.1. The predicted molar refractivity (Wildman–Crippen MR) is 68.3 cm³/mol. The first-order valence-corrected chi connectivity index (χ1v) is 5.64. The number of benzene rings is 2. The van der Waals surface area contributed by atoms with Gasteiger partial charge in [-0.3, -0.25) is 0 Å². The highest BCUT2D eigenvalue weighted by molar-refractivity contribution is 5.73. The second-order valence-corrected chi connectivity index (χ2v) is 4.20. The fourth-order valence-corrected chi connectivity index (χ4v) is 1.92. The second-order valence-electron chi connectivity index (χ2n) is 4.20. The van der Waals surface area contributed by atoms with Crippen molar-refractivity contribution in [3.8, 4) is 5.69 Å². The van der Waals surface area contributed by atoms with Gasteiger partial charge in [-0.15, -0.1) is 10.2 Å². The molecule has 0 aliphatic heterocycles. The van der Waals surface area contributed by atoms with Crippen LogP contribution in [-0.4, -0.2) is 15.0 Å². The van der Waals surface area contributed by atoms with E-state index in [9.17, 15) is 0 Å². The Morgan fingerprint density at radius 1 is 0.824 bits per heavy atom. The van der Waals surface area contributed by atoms with Crippen molar-refractivity contribution in [2.45, 2.75) is 13.8 Å². The quantitative estimate of drug-likeness (QED) is 0.634. The van der Waals surface area contributed by atoms with Crippen LogP contribution < -0.4 is 0 Å². The van der Waals surface area contributed by atoms with E-state index in [0.717, 1.165) is 16.7 Å². The van der Waals surface area contributed by atoms with E-state index in [4.69, 9.17) is 0 Å². The molecule has 1 aromatic heterocycles. The molecule has 3 heteroatoms. The van der Waals surface area contributed by atoms with Gasteiger partial charge in [-0.2, -0.15) is 4.80 Å². The van der Waals surface area contributed by atoms with Gasteiger partial charge in [-0.05, 0) is 43.2 Å². The van der Waals surface area contributed by atoms with Crippen LogP contribution in [0.15, 0.2) is 42.5 Å². The zero-order chi connectivity index (χ0) is 11.8. The van der Waals surface area contributed by atoms with E-state index in [1.54, 1.807) is 4.80 Å². The summed E-state index contributed by atoms with van der Waals surface area (Å²) in [5.74, 6) is 0. The molecule has 0 unspecified atom stereocenters. The lowest BCUT2D eigenvalue weighted by molar-refractivity contribution is 0.759. The fraction of sp³-hybridized carbons (Fsp3) is 0.143. The minimum Gasteiger partial charge on any atom is -0.150 e. The molecule has 0 aliphatic carbocycles. The van der Waals surface area contributed by atoms with Gasteiger partial charge in [0, 0.05) is 0 Å². The SMILES string of the molecule is Cc1cccc(-n2nc3ccccc3n2)c1C. The van der Waals surface area contributed by atoms with Crippen LogP contribution in [0.1, 0.15) is 11.1 Å². The Labute approximate surface area is 99.7 Å². The monoisotopic (exact) mass is 223 g/mol. The van der Waals surface area contributed by atoms with E-state index >= 15 is 0 Å². The predicted octanol–water partition coefficient (Wildman–Crippen LogP) is 3.04. The molecule has 0 amide bonds. The molecule has 84 valence electrons. The average molecular weight is 223 g/mol. The second kappa shape index (κ2) is 3.70. The normalized spacial score (nSPS) is 10.9. The summed E-state index contributed by atoms with van der Waals surface area (Å²) in [5, 5.41) is 8.98. The van der Waals surface area contributed by atoms with E-state index in [-0.39, 0.29) is 0 Å². The Hall–Kier alpha value is -2.16. The summed E-state index contributed by atoms with van der Waals surface area (Å²) in [5.41, 5.74) is 5.36. The molecule has 3 nitrogen and oxygen atoms in total. The largest absolute Gasteiger partial charge is 0.150 e. The van der Waals surface area contributed by atoms with Crippen LogP contribution in [0.3, 0.4) is 0 Å². The standard InChI is InChI=1S/C14H13N3/c1-10-6-5-9-14(11(10)2)17-15-12-7-3-4-8-13(12)16-17/h3-9H,1-2H3. The smallest absolute Gasteiger partial charge is 0.113 e. The van der Waals surface area contributed by atoms with Gasteiger partial charge in [-0.25, -0.2) is 0 Å². The van der Waals surface area contributed by atoms with Gasteiger partial charge in [0.05, 0.1) is 5.69 Å². The molecule has 1 heterocycles. The number of aromatic nitrogens is 3. The van der Waals surface area contributed by atoms with Gasteiger partial charge in [0.25, 0.3) is 0 Å². The third-order valence-corrected chi connectivity index (χ3v) is 3.08. The molecule has 0 N–H and O–H groups in total. The molecule has 0 spiro atoms. The van der Waals surface area contributed by atoms with Crippen molar-refractivity contribution in [2.75, 3.05) is 0 Å². The number of hydrogen-bond acceptors (Lipinski definition) is 2. The van der Waals surface area contributed by atoms with E-state index in [0.29, 0.717) is 0 Å². The highest BCUT2D eigenvalue weighted by atomic mass is 15.5. The van der Waals surface area contributed by atoms with Gasteiger partial charge < -0.3 is 0 Å². The van der Waals surface area contributed by atoms with Crippen LogP contribution in [0.2, 0.25) is 0 Å². The van der Waals surface area contributed by atoms with Crippen LogP contribution in [0.5, 0.6) is 0 Å². The molecule has 0 bridgehead atoms. The number of nitrogens with zero attached hydrogens (tertiary/aromatic N) is 3. The van der Waals surface area contributed by atoms with Crippen LogP contribution in [0.4, 0.5) is 0 Å². The molecule has 0 aliphatic rings. The van der Waals surface area contributed by atoms with Crippen molar-refractivity contribution < 1.29 is 0 Å². The van der Waals surface area contributed by atoms with E-state index in [1.807, 2.05) is 36.4 Å². The van der Waals surface area contributed by atoms with Crippen molar-refractivity contribution >= 4 is 11.0 Å². The summed E-state index contributed by atoms with van der Waals surface area (Å²) in [6.45, 7) is 4.20. The minimum absolute atomic E-state index is 0.924. The lowest BCUT2D eigenvalue weighted by Crippen LogP contribution is -2.01. The van der Waals surface area contributed by atoms with E-state index < -0.39 is 0 Å². The Bertz CT molecular complexity index is 650. The summed E-state index contributed by atoms with van der Waals surface area (Å²) in [7, 11) is 0. The van der Waals surface area contributed by atoms with Gasteiger partial charge in [0.2, 0.25) is 0 Å². The summed E-state index contributed by atoms with van der Waals surface area (Å²) < 4.78 is 0. The molecule has 0 radical (unpaired) electrons. The highest BCUT2D eigenvalue weighted by Gasteiger charge is 2.07. The first-order chi connectivity index (χ1) is 8.25. The Morgan fingerprint density at radius 2 is 1.47 bits per heavy atom. The maximum Gasteiger partial charge on any atom is 0.113 e. The highest BCUT2D eigenvalue weighted by Crippen LogP contribution is 2.17. The molecule has 2 aromatic carbocycles. The molecule has 17 heavy (non-hydrogen) atoms. The van der Waals surface area contributed by atoms with Crippen LogP contribution in [0, 0.1) is 13.8 Å². The Balaban J connectivity index is 2.24. The van der Waals surface area contributed by atoms with E-state index in [2.05, 4.69) is 30.1 Å². The Kier molecular flexibility index (Phi) is 2.18.